The number of carbonyl (C=O) groups excluding carboxylic acids is 2. The van der Waals surface area contributed by atoms with Crippen LogP contribution in [-0.2, 0) is 26.2 Å². The molecular weight excluding hydrogens is 605 g/mol. The van der Waals surface area contributed by atoms with Crippen molar-refractivity contribution in [3.05, 3.63) is 72.0 Å². The Kier molecular flexibility index (Phi) is 12.0. The van der Waals surface area contributed by atoms with Gasteiger partial charge in [0.25, 0.3) is 10.0 Å². The highest BCUT2D eigenvalue weighted by atomic mass is 32.2. The van der Waals surface area contributed by atoms with Crippen LogP contribution in [-0.4, -0.2) is 72.7 Å². The molecule has 3 rings (SSSR count). The Morgan fingerprint density at radius 3 is 2.02 bits per heavy atom. The maximum Gasteiger partial charge on any atom is 0.265 e. The first-order valence-corrected chi connectivity index (χ1v) is 15.6. The lowest BCUT2D eigenvalue weighted by molar-refractivity contribution is -0.139. The predicted molar refractivity (Wildman–Crippen MR) is 168 cm³/mol. The van der Waals surface area contributed by atoms with Gasteiger partial charge in [-0.2, -0.15) is 0 Å². The lowest BCUT2D eigenvalue weighted by Crippen LogP contribution is -2.51. The summed E-state index contributed by atoms with van der Waals surface area (Å²) in [4.78, 5) is 28.4. The minimum absolute atomic E-state index is 0.0265. The van der Waals surface area contributed by atoms with Crippen molar-refractivity contribution in [2.75, 3.05) is 45.8 Å². The molecule has 0 saturated carbocycles. The molecule has 0 aliphatic carbocycles. The van der Waals surface area contributed by atoms with Crippen LogP contribution in [0.5, 0.6) is 23.0 Å². The van der Waals surface area contributed by atoms with Gasteiger partial charge in [0, 0.05) is 25.2 Å². The summed E-state index contributed by atoms with van der Waals surface area (Å²) in [5, 5.41) is 2.82. The van der Waals surface area contributed by atoms with Crippen molar-refractivity contribution < 1.29 is 41.3 Å². The standard InChI is InChI=1S/C32H40FN3O8S/c1-21(2)18-34-32(38)22(3)35(19-23-8-10-24(33)11-9-23)31(37)20-36(27-16-25(41-4)12-14-28(27)42-5)45(39,40)26-13-15-29(43-6)30(17-26)44-7/h8-17,21-22H,18-20H2,1-7H3,(H,34,38)/t22-/m1/s1. The van der Waals surface area contributed by atoms with Crippen molar-refractivity contribution in [1.29, 1.82) is 0 Å². The summed E-state index contributed by atoms with van der Waals surface area (Å²) in [5.74, 6) is -0.481. The van der Waals surface area contributed by atoms with Crippen LogP contribution in [0.3, 0.4) is 0 Å². The largest absolute Gasteiger partial charge is 0.497 e. The molecule has 0 unspecified atom stereocenters. The molecule has 3 aromatic carbocycles. The van der Waals surface area contributed by atoms with Crippen molar-refractivity contribution in [3.63, 3.8) is 0 Å². The van der Waals surface area contributed by atoms with Gasteiger partial charge in [0.15, 0.2) is 11.5 Å². The molecular formula is C32H40FN3O8S. The van der Waals surface area contributed by atoms with Gasteiger partial charge in [-0.05, 0) is 54.8 Å². The number of hydrogen-bond acceptors (Lipinski definition) is 8. The molecule has 0 aliphatic heterocycles. The molecule has 0 spiro atoms. The summed E-state index contributed by atoms with van der Waals surface area (Å²) in [6, 6.07) is 13.1. The van der Waals surface area contributed by atoms with Gasteiger partial charge in [0.1, 0.15) is 29.9 Å². The van der Waals surface area contributed by atoms with Crippen LogP contribution in [0.1, 0.15) is 26.3 Å². The van der Waals surface area contributed by atoms with Gasteiger partial charge in [-0.25, -0.2) is 12.8 Å². The highest BCUT2D eigenvalue weighted by Gasteiger charge is 2.34. The number of nitrogens with one attached hydrogen (secondary N) is 1. The molecule has 13 heteroatoms. The average Bonchev–Trinajstić information content (AvgIpc) is 3.04. The lowest BCUT2D eigenvalue weighted by atomic mass is 10.1. The van der Waals surface area contributed by atoms with Crippen molar-refractivity contribution in [2.24, 2.45) is 5.92 Å². The third-order valence-electron chi connectivity index (χ3n) is 6.99. The molecule has 0 heterocycles. The van der Waals surface area contributed by atoms with E-state index in [1.807, 2.05) is 13.8 Å². The van der Waals surface area contributed by atoms with Gasteiger partial charge in [-0.15, -0.1) is 0 Å². The zero-order valence-electron chi connectivity index (χ0n) is 26.5. The molecule has 1 atom stereocenters. The van der Waals surface area contributed by atoms with Gasteiger partial charge in [-0.1, -0.05) is 26.0 Å². The molecule has 0 aromatic heterocycles. The SMILES string of the molecule is COc1ccc(OC)c(N(CC(=O)N(Cc2ccc(F)cc2)[C@H](C)C(=O)NCC(C)C)S(=O)(=O)c2ccc(OC)c(OC)c2)c1. The molecule has 0 radical (unpaired) electrons. The third kappa shape index (κ3) is 8.56. The quantitative estimate of drug-likeness (QED) is 0.260. The van der Waals surface area contributed by atoms with Gasteiger partial charge in [0.2, 0.25) is 11.8 Å². The Balaban J connectivity index is 2.15. The van der Waals surface area contributed by atoms with Crippen LogP contribution in [0.2, 0.25) is 0 Å². The number of amides is 2. The number of hydrogen-bond donors (Lipinski definition) is 1. The normalized spacial score (nSPS) is 11.8. The van der Waals surface area contributed by atoms with Crippen molar-refractivity contribution in [1.82, 2.24) is 10.2 Å². The van der Waals surface area contributed by atoms with Gasteiger partial charge < -0.3 is 29.2 Å². The van der Waals surface area contributed by atoms with E-state index in [1.54, 1.807) is 13.0 Å². The summed E-state index contributed by atoms with van der Waals surface area (Å²) in [6.07, 6.45) is 0. The summed E-state index contributed by atoms with van der Waals surface area (Å²) >= 11 is 0. The Bertz CT molecular complexity index is 1580. The first-order chi connectivity index (χ1) is 21.4. The average molecular weight is 646 g/mol. The smallest absolute Gasteiger partial charge is 0.265 e. The number of carbonyl (C=O) groups is 2. The van der Waals surface area contributed by atoms with E-state index in [2.05, 4.69) is 5.32 Å². The first kappa shape index (κ1) is 35.0. The number of benzene rings is 3. The number of rotatable bonds is 15. The fourth-order valence-electron chi connectivity index (χ4n) is 4.43. The minimum Gasteiger partial charge on any atom is -0.497 e. The number of sulfonamides is 1. The summed E-state index contributed by atoms with van der Waals surface area (Å²) in [7, 11) is 1.11. The molecule has 0 fully saturated rings. The molecule has 3 aromatic rings. The zero-order valence-corrected chi connectivity index (χ0v) is 27.3. The highest BCUT2D eigenvalue weighted by molar-refractivity contribution is 7.92. The maximum atomic E-state index is 14.3. The fourth-order valence-corrected chi connectivity index (χ4v) is 5.86. The number of ether oxygens (including phenoxy) is 4. The summed E-state index contributed by atoms with van der Waals surface area (Å²) < 4.78 is 64.7. The summed E-state index contributed by atoms with van der Waals surface area (Å²) in [6.45, 7) is 4.99. The zero-order chi connectivity index (χ0) is 33.3. The second kappa shape index (κ2) is 15.5. The van der Waals surface area contributed by atoms with Gasteiger partial charge in [0.05, 0.1) is 39.0 Å². The molecule has 244 valence electrons. The Morgan fingerprint density at radius 2 is 1.44 bits per heavy atom. The van der Waals surface area contributed by atoms with Gasteiger partial charge in [-0.3, -0.25) is 13.9 Å². The van der Waals surface area contributed by atoms with E-state index in [0.29, 0.717) is 23.6 Å². The van der Waals surface area contributed by atoms with E-state index < -0.39 is 40.2 Å². The minimum atomic E-state index is -4.48. The Labute approximate surface area is 263 Å². The Hall–Kier alpha value is -4.52. The molecule has 0 aliphatic rings. The molecule has 1 N–H and O–H groups in total. The number of halogens is 1. The monoisotopic (exact) mass is 645 g/mol. The van der Waals surface area contributed by atoms with Crippen LogP contribution in [0.25, 0.3) is 0 Å². The van der Waals surface area contributed by atoms with Crippen molar-refractivity contribution in [3.8, 4) is 23.0 Å². The molecule has 0 bridgehead atoms. The second-order valence-corrected chi connectivity index (χ2v) is 12.4. The van der Waals surface area contributed by atoms with Crippen LogP contribution in [0.15, 0.2) is 65.6 Å². The maximum absolute atomic E-state index is 14.3. The molecule has 2 amide bonds. The molecule has 11 nitrogen and oxygen atoms in total. The van der Waals surface area contributed by atoms with Crippen LogP contribution >= 0.6 is 0 Å². The van der Waals surface area contributed by atoms with E-state index >= 15 is 0 Å². The van der Waals surface area contributed by atoms with E-state index in [1.165, 1.54) is 87.9 Å². The summed E-state index contributed by atoms with van der Waals surface area (Å²) in [5.41, 5.74) is 0.570. The van der Waals surface area contributed by atoms with Crippen LogP contribution < -0.4 is 28.6 Å². The lowest BCUT2D eigenvalue weighted by Gasteiger charge is -2.32. The van der Waals surface area contributed by atoms with E-state index in [0.717, 1.165) is 4.31 Å². The van der Waals surface area contributed by atoms with Crippen molar-refractivity contribution in [2.45, 2.75) is 38.3 Å². The second-order valence-electron chi connectivity index (χ2n) is 10.5. The predicted octanol–water partition coefficient (Wildman–Crippen LogP) is 4.24. The van der Waals surface area contributed by atoms with Crippen molar-refractivity contribution >= 4 is 27.5 Å². The van der Waals surface area contributed by atoms with Gasteiger partial charge >= 0.3 is 0 Å². The number of nitrogens with zero attached hydrogens (tertiary/aromatic N) is 2. The molecule has 0 saturated heterocycles. The van der Waals surface area contributed by atoms with E-state index in [4.69, 9.17) is 18.9 Å². The fraction of sp³-hybridized carbons (Fsp3) is 0.375. The first-order valence-electron chi connectivity index (χ1n) is 14.1. The number of methoxy groups -OCH3 is 4. The highest BCUT2D eigenvalue weighted by Crippen LogP contribution is 2.37. The van der Waals surface area contributed by atoms with Crippen LogP contribution in [0.4, 0.5) is 10.1 Å². The third-order valence-corrected chi connectivity index (χ3v) is 8.75. The van der Waals surface area contributed by atoms with Crippen LogP contribution in [0, 0.1) is 11.7 Å². The Morgan fingerprint density at radius 1 is 0.822 bits per heavy atom. The molecule has 45 heavy (non-hydrogen) atoms. The van der Waals surface area contributed by atoms with E-state index in [-0.39, 0.29) is 34.5 Å². The van der Waals surface area contributed by atoms with E-state index in [9.17, 15) is 22.4 Å². The number of anilines is 1. The topological polar surface area (TPSA) is 124 Å².